The molecule has 0 unspecified atom stereocenters. The van der Waals surface area contributed by atoms with Gasteiger partial charge < -0.3 is 15.0 Å². The van der Waals surface area contributed by atoms with Gasteiger partial charge >= 0.3 is 0 Å². The van der Waals surface area contributed by atoms with Crippen molar-refractivity contribution in [3.8, 4) is 5.75 Å². The zero-order valence-electron chi connectivity index (χ0n) is 24.0. The molecule has 0 aliphatic carbocycles. The summed E-state index contributed by atoms with van der Waals surface area (Å²) < 4.78 is 34.9. The minimum absolute atomic E-state index is 0.0285. The van der Waals surface area contributed by atoms with Crippen LogP contribution in [0.5, 0.6) is 5.75 Å². The summed E-state index contributed by atoms with van der Waals surface area (Å²) in [5.74, 6) is -0.479. The fourth-order valence-corrected chi connectivity index (χ4v) is 6.00. The highest BCUT2D eigenvalue weighted by molar-refractivity contribution is 7.92. The van der Waals surface area contributed by atoms with Crippen molar-refractivity contribution in [3.05, 3.63) is 88.9 Å². The Hall–Kier alpha value is -3.56. The predicted molar refractivity (Wildman–Crippen MR) is 163 cm³/mol. The van der Waals surface area contributed by atoms with Crippen LogP contribution in [0.15, 0.2) is 77.7 Å². The lowest BCUT2D eigenvalue weighted by molar-refractivity contribution is -0.140. The first-order valence-electron chi connectivity index (χ1n) is 13.8. The lowest BCUT2D eigenvalue weighted by Gasteiger charge is -2.33. The minimum Gasteiger partial charge on any atom is -0.492 e. The second-order valence-corrected chi connectivity index (χ2v) is 11.8. The summed E-state index contributed by atoms with van der Waals surface area (Å²) in [5, 5.41) is 3.28. The van der Waals surface area contributed by atoms with Gasteiger partial charge in [-0.3, -0.25) is 13.9 Å². The van der Waals surface area contributed by atoms with E-state index in [2.05, 4.69) is 5.32 Å². The van der Waals surface area contributed by atoms with Gasteiger partial charge in [0.15, 0.2) is 0 Å². The van der Waals surface area contributed by atoms with Crippen LogP contribution >= 0.6 is 11.6 Å². The van der Waals surface area contributed by atoms with Gasteiger partial charge in [-0.15, -0.1) is 0 Å². The topological polar surface area (TPSA) is 96.0 Å². The third-order valence-electron chi connectivity index (χ3n) is 6.65. The average molecular weight is 600 g/mol. The van der Waals surface area contributed by atoms with E-state index in [1.54, 1.807) is 31.2 Å². The van der Waals surface area contributed by atoms with Gasteiger partial charge in [0.25, 0.3) is 10.0 Å². The number of sulfonamides is 1. The predicted octanol–water partition coefficient (Wildman–Crippen LogP) is 5.58. The number of hydrogen-bond acceptors (Lipinski definition) is 5. The van der Waals surface area contributed by atoms with Crippen LogP contribution in [0.2, 0.25) is 5.02 Å². The number of halogens is 1. The summed E-state index contributed by atoms with van der Waals surface area (Å²) in [6, 6.07) is 19.3. The van der Waals surface area contributed by atoms with Crippen LogP contribution in [-0.2, 0) is 26.2 Å². The van der Waals surface area contributed by atoms with E-state index in [-0.39, 0.29) is 23.0 Å². The van der Waals surface area contributed by atoms with Gasteiger partial charge in [0.05, 0.1) is 17.2 Å². The second-order valence-electron chi connectivity index (χ2n) is 9.53. The number of amides is 2. The van der Waals surface area contributed by atoms with Gasteiger partial charge in [0.2, 0.25) is 11.8 Å². The van der Waals surface area contributed by atoms with E-state index < -0.39 is 28.5 Å². The molecule has 2 amide bonds. The number of aryl methyl sites for hydroxylation is 1. The van der Waals surface area contributed by atoms with Crippen LogP contribution in [0.1, 0.15) is 44.7 Å². The molecule has 1 N–H and O–H groups in total. The Balaban J connectivity index is 2.11. The molecule has 3 aromatic rings. The average Bonchev–Trinajstić information content (AvgIpc) is 2.96. The van der Waals surface area contributed by atoms with Gasteiger partial charge in [-0.25, -0.2) is 8.42 Å². The van der Waals surface area contributed by atoms with E-state index in [9.17, 15) is 18.0 Å². The van der Waals surface area contributed by atoms with Crippen molar-refractivity contribution in [1.29, 1.82) is 0 Å². The number of carbonyl (C=O) groups excluding carboxylic acids is 2. The number of benzene rings is 3. The maximum atomic E-state index is 14.2. The maximum absolute atomic E-state index is 14.2. The molecular formula is C31H38ClN3O5S. The SMILES string of the molecule is CCCNC(=O)[C@@H](CC)N(Cc1ccccc1C)C(=O)CN(c1ccccc1OCC)S(=O)(=O)c1ccc(Cl)cc1. The molecular weight excluding hydrogens is 562 g/mol. The quantitative estimate of drug-likeness (QED) is 0.261. The number of carbonyl (C=O) groups is 2. The van der Waals surface area contributed by atoms with Gasteiger partial charge in [-0.1, -0.05) is 61.8 Å². The molecule has 0 spiro atoms. The summed E-state index contributed by atoms with van der Waals surface area (Å²) in [5.41, 5.74) is 2.04. The van der Waals surface area contributed by atoms with Crippen LogP contribution in [0, 0.1) is 6.92 Å². The Labute approximate surface area is 248 Å². The first-order chi connectivity index (χ1) is 19.6. The van der Waals surface area contributed by atoms with Crippen LogP contribution in [0.25, 0.3) is 0 Å². The molecule has 0 fully saturated rings. The Kier molecular flexibility index (Phi) is 11.6. The van der Waals surface area contributed by atoms with Gasteiger partial charge in [0.1, 0.15) is 18.3 Å². The molecule has 0 aromatic heterocycles. The Morgan fingerprint density at radius 3 is 2.24 bits per heavy atom. The van der Waals surface area contributed by atoms with E-state index >= 15 is 0 Å². The number of rotatable bonds is 14. The number of anilines is 1. The number of para-hydroxylation sites is 2. The number of hydrogen-bond donors (Lipinski definition) is 1. The molecule has 10 heteroatoms. The summed E-state index contributed by atoms with van der Waals surface area (Å²) in [6.07, 6.45) is 1.10. The Bertz CT molecular complexity index is 1430. The summed E-state index contributed by atoms with van der Waals surface area (Å²) in [7, 11) is -4.24. The zero-order chi connectivity index (χ0) is 30.0. The molecule has 0 heterocycles. The monoisotopic (exact) mass is 599 g/mol. The fraction of sp³-hybridized carbons (Fsp3) is 0.355. The van der Waals surface area contributed by atoms with E-state index in [0.717, 1.165) is 21.9 Å². The highest BCUT2D eigenvalue weighted by atomic mass is 35.5. The van der Waals surface area contributed by atoms with Gasteiger partial charge in [-0.2, -0.15) is 0 Å². The smallest absolute Gasteiger partial charge is 0.264 e. The minimum atomic E-state index is -4.24. The van der Waals surface area contributed by atoms with E-state index in [1.807, 2.05) is 45.0 Å². The Morgan fingerprint density at radius 2 is 1.61 bits per heavy atom. The third kappa shape index (κ3) is 8.01. The van der Waals surface area contributed by atoms with E-state index in [1.165, 1.54) is 29.2 Å². The number of ether oxygens (including phenoxy) is 1. The second kappa shape index (κ2) is 14.9. The van der Waals surface area contributed by atoms with Crippen LogP contribution < -0.4 is 14.4 Å². The molecule has 0 saturated carbocycles. The number of nitrogens with one attached hydrogen (secondary N) is 1. The highest BCUT2D eigenvalue weighted by Crippen LogP contribution is 2.33. The molecule has 0 radical (unpaired) electrons. The third-order valence-corrected chi connectivity index (χ3v) is 8.68. The standard InChI is InChI=1S/C31H38ClN3O5S/c1-5-20-33-31(37)27(6-2)34(21-24-13-9-8-12-23(24)4)30(36)22-35(28-14-10-11-15-29(28)40-7-3)41(38,39)26-18-16-25(32)17-19-26/h8-19,27H,5-7,20-22H2,1-4H3,(H,33,37)/t27-/m1/s1. The summed E-state index contributed by atoms with van der Waals surface area (Å²) in [4.78, 5) is 28.9. The highest BCUT2D eigenvalue weighted by Gasteiger charge is 2.34. The zero-order valence-corrected chi connectivity index (χ0v) is 25.5. The van der Waals surface area contributed by atoms with Crippen molar-refractivity contribution in [3.63, 3.8) is 0 Å². The lowest BCUT2D eigenvalue weighted by Crippen LogP contribution is -2.52. The molecule has 220 valence electrons. The van der Waals surface area contributed by atoms with Crippen LogP contribution in [0.3, 0.4) is 0 Å². The molecule has 0 saturated heterocycles. The van der Waals surface area contributed by atoms with Gasteiger partial charge in [-0.05, 0) is 74.2 Å². The molecule has 41 heavy (non-hydrogen) atoms. The van der Waals surface area contributed by atoms with Gasteiger partial charge in [0, 0.05) is 18.1 Å². The first-order valence-corrected chi connectivity index (χ1v) is 15.6. The normalized spacial score (nSPS) is 11.9. The van der Waals surface area contributed by atoms with Crippen molar-refractivity contribution in [2.45, 2.75) is 58.0 Å². The molecule has 8 nitrogen and oxygen atoms in total. The van der Waals surface area contributed by atoms with Crippen LogP contribution in [-0.4, -0.2) is 50.9 Å². The Morgan fingerprint density at radius 1 is 0.951 bits per heavy atom. The molecule has 0 aliphatic heterocycles. The molecule has 0 bridgehead atoms. The number of nitrogens with zero attached hydrogens (tertiary/aromatic N) is 2. The summed E-state index contributed by atoms with van der Waals surface area (Å²) >= 11 is 6.03. The van der Waals surface area contributed by atoms with Crippen molar-refractivity contribution < 1.29 is 22.7 Å². The summed E-state index contributed by atoms with van der Waals surface area (Å²) in [6.45, 7) is 7.89. The van der Waals surface area contributed by atoms with Crippen molar-refractivity contribution >= 4 is 39.1 Å². The van der Waals surface area contributed by atoms with Crippen molar-refractivity contribution in [2.24, 2.45) is 0 Å². The van der Waals surface area contributed by atoms with E-state index in [4.69, 9.17) is 16.3 Å². The lowest BCUT2D eigenvalue weighted by atomic mass is 10.1. The maximum Gasteiger partial charge on any atom is 0.264 e. The fourth-order valence-electron chi connectivity index (χ4n) is 4.44. The molecule has 0 aliphatic rings. The van der Waals surface area contributed by atoms with Crippen molar-refractivity contribution in [1.82, 2.24) is 10.2 Å². The molecule has 1 atom stereocenters. The molecule has 3 rings (SSSR count). The van der Waals surface area contributed by atoms with E-state index in [0.29, 0.717) is 30.3 Å². The largest absolute Gasteiger partial charge is 0.492 e. The molecule has 3 aromatic carbocycles. The van der Waals surface area contributed by atoms with Crippen molar-refractivity contribution in [2.75, 3.05) is 24.0 Å². The first kappa shape index (κ1) is 32.0. The van der Waals surface area contributed by atoms with Crippen LogP contribution in [0.4, 0.5) is 5.69 Å².